The molecule has 3 aromatic rings. The van der Waals surface area contributed by atoms with Gasteiger partial charge in [-0.25, -0.2) is 4.68 Å². The van der Waals surface area contributed by atoms with Gasteiger partial charge >= 0.3 is 0 Å². The topological polar surface area (TPSA) is 76.0 Å². The fraction of sp³-hybridized carbons (Fsp3) is 0.240. The molecule has 0 spiro atoms. The molecular formula is C25H24N4O2. The quantitative estimate of drug-likeness (QED) is 0.650. The molecule has 0 unspecified atom stereocenters. The van der Waals surface area contributed by atoms with E-state index in [9.17, 15) is 9.59 Å². The maximum atomic E-state index is 13.0. The minimum atomic E-state index is -0.330. The first-order chi connectivity index (χ1) is 15.2. The molecule has 2 aromatic carbocycles. The average Bonchev–Trinajstić information content (AvgIpc) is 3.22. The highest BCUT2D eigenvalue weighted by Crippen LogP contribution is 2.41. The number of benzene rings is 2. The van der Waals surface area contributed by atoms with Gasteiger partial charge in [0.1, 0.15) is 17.4 Å². The van der Waals surface area contributed by atoms with Gasteiger partial charge in [-0.2, -0.15) is 5.10 Å². The second-order valence-corrected chi connectivity index (χ2v) is 7.96. The molecule has 6 heteroatoms. The van der Waals surface area contributed by atoms with Crippen LogP contribution in [0.15, 0.2) is 72.1 Å². The van der Waals surface area contributed by atoms with Gasteiger partial charge in [-0.05, 0) is 42.5 Å². The molecule has 0 saturated heterocycles. The van der Waals surface area contributed by atoms with Crippen molar-refractivity contribution in [2.75, 3.05) is 10.6 Å². The SMILES string of the molecule is CCc1ccc([C@H]2C3=C(CCCC3=O)Nc3c(C(=O)Nc4ccccc4)cnn32)cc1. The number of fused-ring (bicyclic) bond motifs is 1. The van der Waals surface area contributed by atoms with E-state index in [-0.39, 0.29) is 17.7 Å². The van der Waals surface area contributed by atoms with E-state index in [1.54, 1.807) is 10.9 Å². The summed E-state index contributed by atoms with van der Waals surface area (Å²) in [6, 6.07) is 17.3. The number of ketones is 1. The Bertz CT molecular complexity index is 1180. The number of carbonyl (C=O) groups excluding carboxylic acids is 2. The second kappa shape index (κ2) is 7.87. The molecule has 1 aliphatic carbocycles. The summed E-state index contributed by atoms with van der Waals surface area (Å²) in [5.74, 6) is 0.549. The van der Waals surface area contributed by atoms with Crippen LogP contribution in [0, 0.1) is 0 Å². The first kappa shape index (κ1) is 19.3. The zero-order chi connectivity index (χ0) is 21.4. The number of para-hydroxylation sites is 1. The first-order valence-corrected chi connectivity index (χ1v) is 10.7. The Morgan fingerprint density at radius 1 is 1.13 bits per heavy atom. The number of nitrogens with one attached hydrogen (secondary N) is 2. The highest BCUT2D eigenvalue weighted by molar-refractivity contribution is 6.08. The monoisotopic (exact) mass is 412 g/mol. The molecule has 0 bridgehead atoms. The van der Waals surface area contributed by atoms with Gasteiger partial charge < -0.3 is 10.6 Å². The van der Waals surface area contributed by atoms with Crippen LogP contribution in [0.5, 0.6) is 0 Å². The Morgan fingerprint density at radius 3 is 2.65 bits per heavy atom. The highest BCUT2D eigenvalue weighted by atomic mass is 16.1. The van der Waals surface area contributed by atoms with Gasteiger partial charge in [0, 0.05) is 23.4 Å². The largest absolute Gasteiger partial charge is 0.343 e. The van der Waals surface area contributed by atoms with Gasteiger partial charge in [-0.3, -0.25) is 9.59 Å². The van der Waals surface area contributed by atoms with E-state index in [4.69, 9.17) is 0 Å². The molecule has 5 rings (SSSR count). The van der Waals surface area contributed by atoms with Crippen LogP contribution in [0.25, 0.3) is 0 Å². The van der Waals surface area contributed by atoms with Crippen LogP contribution in [0.2, 0.25) is 0 Å². The predicted octanol–water partition coefficient (Wildman–Crippen LogP) is 4.72. The lowest BCUT2D eigenvalue weighted by Gasteiger charge is -2.33. The molecular weight excluding hydrogens is 388 g/mol. The number of Topliss-reactive ketones (excluding diaryl/α,β-unsaturated/α-hetero) is 1. The molecule has 0 saturated carbocycles. The van der Waals surface area contributed by atoms with E-state index in [1.807, 2.05) is 30.3 Å². The number of aromatic nitrogens is 2. The molecule has 0 radical (unpaired) electrons. The van der Waals surface area contributed by atoms with Crippen LogP contribution in [0.3, 0.4) is 0 Å². The van der Waals surface area contributed by atoms with Gasteiger partial charge in [0.15, 0.2) is 5.78 Å². The zero-order valence-corrected chi connectivity index (χ0v) is 17.4. The Labute approximate surface area is 181 Å². The van der Waals surface area contributed by atoms with E-state index < -0.39 is 0 Å². The predicted molar refractivity (Wildman–Crippen MR) is 120 cm³/mol. The lowest BCUT2D eigenvalue weighted by Crippen LogP contribution is -2.32. The first-order valence-electron chi connectivity index (χ1n) is 10.7. The number of hydrogen-bond acceptors (Lipinski definition) is 4. The molecule has 2 N–H and O–H groups in total. The normalized spacial score (nSPS) is 17.6. The average molecular weight is 412 g/mol. The van der Waals surface area contributed by atoms with Crippen molar-refractivity contribution in [3.8, 4) is 0 Å². The van der Waals surface area contributed by atoms with E-state index in [0.717, 1.165) is 41.8 Å². The fourth-order valence-electron chi connectivity index (χ4n) is 4.39. The molecule has 1 aliphatic heterocycles. The molecule has 1 aromatic heterocycles. The third-order valence-corrected chi connectivity index (χ3v) is 6.02. The standard InChI is InChI=1S/C25H24N4O2/c1-2-16-11-13-17(14-12-16)23-22-20(9-6-10-21(22)30)28-24-19(15-26-29(23)24)25(31)27-18-7-4-3-5-8-18/h3-5,7-8,11-15,23,28H,2,6,9-10H2,1H3,(H,27,31)/t23-/m0/s1. The minimum absolute atomic E-state index is 0.148. The molecule has 1 amide bonds. The van der Waals surface area contributed by atoms with Crippen molar-refractivity contribution in [2.45, 2.75) is 38.6 Å². The summed E-state index contributed by atoms with van der Waals surface area (Å²) < 4.78 is 1.78. The molecule has 31 heavy (non-hydrogen) atoms. The van der Waals surface area contributed by atoms with Crippen molar-refractivity contribution in [1.29, 1.82) is 0 Å². The Balaban J connectivity index is 1.57. The lowest BCUT2D eigenvalue weighted by atomic mass is 9.85. The number of nitrogens with zero attached hydrogens (tertiary/aromatic N) is 2. The third-order valence-electron chi connectivity index (χ3n) is 6.02. The van der Waals surface area contributed by atoms with E-state index in [0.29, 0.717) is 17.8 Å². The van der Waals surface area contributed by atoms with Crippen molar-refractivity contribution < 1.29 is 9.59 Å². The lowest BCUT2D eigenvalue weighted by molar-refractivity contribution is -0.116. The number of rotatable bonds is 4. The maximum absolute atomic E-state index is 13.0. The number of carbonyl (C=O) groups is 2. The van der Waals surface area contributed by atoms with E-state index >= 15 is 0 Å². The molecule has 0 fully saturated rings. The molecule has 2 aliphatic rings. The molecule has 156 valence electrons. The second-order valence-electron chi connectivity index (χ2n) is 7.96. The van der Waals surface area contributed by atoms with Gasteiger partial charge in [0.05, 0.1) is 6.20 Å². The number of amides is 1. The maximum Gasteiger partial charge on any atom is 0.261 e. The van der Waals surface area contributed by atoms with Crippen molar-refractivity contribution in [1.82, 2.24) is 9.78 Å². The fourth-order valence-corrected chi connectivity index (χ4v) is 4.39. The van der Waals surface area contributed by atoms with Crippen molar-refractivity contribution in [3.05, 3.63) is 88.8 Å². The summed E-state index contributed by atoms with van der Waals surface area (Å²) in [4.78, 5) is 25.9. The molecule has 2 heterocycles. The van der Waals surface area contributed by atoms with E-state index in [2.05, 4.69) is 46.9 Å². The van der Waals surface area contributed by atoms with Crippen molar-refractivity contribution in [3.63, 3.8) is 0 Å². The zero-order valence-electron chi connectivity index (χ0n) is 17.4. The summed E-state index contributed by atoms with van der Waals surface area (Å²) in [6.45, 7) is 2.12. The van der Waals surface area contributed by atoms with Gasteiger partial charge in [0.2, 0.25) is 0 Å². The summed E-state index contributed by atoms with van der Waals surface area (Å²) in [6.07, 6.45) is 4.68. The van der Waals surface area contributed by atoms with Gasteiger partial charge in [0.25, 0.3) is 5.91 Å². The summed E-state index contributed by atoms with van der Waals surface area (Å²) in [5, 5.41) is 10.8. The van der Waals surface area contributed by atoms with Gasteiger partial charge in [-0.15, -0.1) is 0 Å². The number of hydrogen-bond donors (Lipinski definition) is 2. The third kappa shape index (κ3) is 3.44. The van der Waals surface area contributed by atoms with Crippen LogP contribution < -0.4 is 10.6 Å². The smallest absolute Gasteiger partial charge is 0.261 e. The molecule has 1 atom stereocenters. The van der Waals surface area contributed by atoms with Crippen LogP contribution in [0.1, 0.15) is 53.7 Å². The van der Waals surface area contributed by atoms with Crippen LogP contribution in [-0.4, -0.2) is 21.5 Å². The number of anilines is 2. The Morgan fingerprint density at radius 2 is 1.90 bits per heavy atom. The summed E-state index contributed by atoms with van der Waals surface area (Å²) in [7, 11) is 0. The highest BCUT2D eigenvalue weighted by Gasteiger charge is 2.37. The van der Waals surface area contributed by atoms with Crippen molar-refractivity contribution >= 4 is 23.2 Å². The number of aryl methyl sites for hydroxylation is 1. The summed E-state index contributed by atoms with van der Waals surface area (Å²) in [5.41, 5.74) is 5.10. The van der Waals surface area contributed by atoms with Crippen molar-refractivity contribution in [2.24, 2.45) is 0 Å². The van der Waals surface area contributed by atoms with Crippen LogP contribution >= 0.6 is 0 Å². The van der Waals surface area contributed by atoms with Crippen LogP contribution in [0.4, 0.5) is 11.5 Å². The number of allylic oxidation sites excluding steroid dienone is 2. The Hall–Kier alpha value is -3.67. The Kier molecular flexibility index (Phi) is 4.90. The van der Waals surface area contributed by atoms with Gasteiger partial charge in [-0.1, -0.05) is 49.4 Å². The van der Waals surface area contributed by atoms with E-state index in [1.165, 1.54) is 5.56 Å². The van der Waals surface area contributed by atoms with Crippen LogP contribution in [-0.2, 0) is 11.2 Å². The minimum Gasteiger partial charge on any atom is -0.343 e. The molecule has 6 nitrogen and oxygen atoms in total. The summed E-state index contributed by atoms with van der Waals surface area (Å²) >= 11 is 0.